The number of likely N-dealkylation sites (N-methyl/N-ethyl adjacent to an activating group) is 1. The van der Waals surface area contributed by atoms with Gasteiger partial charge in [0.25, 0.3) is 5.91 Å². The minimum atomic E-state index is -0.956. The summed E-state index contributed by atoms with van der Waals surface area (Å²) in [5, 5.41) is 10.9. The molecule has 2 aromatic carbocycles. The summed E-state index contributed by atoms with van der Waals surface area (Å²) in [6.45, 7) is 8.34. The van der Waals surface area contributed by atoms with Crippen molar-refractivity contribution in [3.05, 3.63) is 59.3 Å². The maximum absolute atomic E-state index is 14.1. The second-order valence-corrected chi connectivity index (χ2v) is 13.6. The highest BCUT2D eigenvalue weighted by molar-refractivity contribution is 5.89. The third kappa shape index (κ3) is 6.53. The average molecular weight is 644 g/mol. The highest BCUT2D eigenvalue weighted by Gasteiger charge is 2.46. The van der Waals surface area contributed by atoms with E-state index in [1.807, 2.05) is 48.2 Å². The molecular formula is C35H45N7O5. The molecule has 1 atom stereocenters. The van der Waals surface area contributed by atoms with Crippen LogP contribution in [0, 0.1) is 6.92 Å². The number of aromatic nitrogens is 2. The fraction of sp³-hybridized carbons (Fsp3) is 0.543. The van der Waals surface area contributed by atoms with Crippen molar-refractivity contribution in [3.8, 4) is 0 Å². The predicted octanol–water partition coefficient (Wildman–Crippen LogP) is 4.10. The van der Waals surface area contributed by atoms with Crippen LogP contribution in [0.3, 0.4) is 0 Å². The van der Waals surface area contributed by atoms with Crippen molar-refractivity contribution in [2.24, 2.45) is 0 Å². The Morgan fingerprint density at radius 3 is 2.62 bits per heavy atom. The molecule has 2 N–H and O–H groups in total. The first kappa shape index (κ1) is 31.4. The number of benzene rings is 2. The SMILES string of the molecule is Cc1cc(C[C@@H](OC(=O)N2CCC3(CC2)OC(=O)Nc2ccccc23)C(=O)N2CCC(N3CCCN(C)CC3)CC2)cc2cn[nH]c12. The van der Waals surface area contributed by atoms with Gasteiger partial charge in [0.05, 0.1) is 17.4 Å². The van der Waals surface area contributed by atoms with Crippen LogP contribution < -0.4 is 5.32 Å². The third-order valence-corrected chi connectivity index (χ3v) is 10.6. The number of aromatic amines is 1. The van der Waals surface area contributed by atoms with Crippen molar-refractivity contribution in [3.63, 3.8) is 0 Å². The lowest BCUT2D eigenvalue weighted by atomic mass is 9.82. The first-order valence-electron chi connectivity index (χ1n) is 17.0. The molecule has 12 heteroatoms. The van der Waals surface area contributed by atoms with Crippen molar-refractivity contribution < 1.29 is 23.9 Å². The number of nitrogens with zero attached hydrogens (tertiary/aromatic N) is 5. The molecule has 12 nitrogen and oxygen atoms in total. The van der Waals surface area contributed by atoms with Crippen LogP contribution in [0.2, 0.25) is 0 Å². The summed E-state index contributed by atoms with van der Waals surface area (Å²) in [6.07, 6.45) is 3.98. The summed E-state index contributed by atoms with van der Waals surface area (Å²) in [6, 6.07) is 12.1. The number of likely N-dealkylation sites (tertiary alicyclic amines) is 2. The molecule has 0 aliphatic carbocycles. The average Bonchev–Trinajstić information content (AvgIpc) is 3.45. The molecule has 0 radical (unpaired) electrons. The molecule has 4 aliphatic heterocycles. The number of ether oxygens (including phenoxy) is 2. The lowest BCUT2D eigenvalue weighted by Gasteiger charge is -2.44. The van der Waals surface area contributed by atoms with Crippen LogP contribution in [0.1, 0.15) is 48.8 Å². The van der Waals surface area contributed by atoms with Gasteiger partial charge in [-0.3, -0.25) is 20.1 Å². The third-order valence-electron chi connectivity index (χ3n) is 10.6. The quantitative estimate of drug-likeness (QED) is 0.426. The van der Waals surface area contributed by atoms with Gasteiger partial charge in [-0.2, -0.15) is 5.10 Å². The van der Waals surface area contributed by atoms with Crippen LogP contribution in [0.25, 0.3) is 10.9 Å². The summed E-state index contributed by atoms with van der Waals surface area (Å²) in [5.74, 6) is -0.146. The first-order valence-corrected chi connectivity index (χ1v) is 17.0. The maximum atomic E-state index is 14.1. The highest BCUT2D eigenvalue weighted by Crippen LogP contribution is 2.43. The summed E-state index contributed by atoms with van der Waals surface area (Å²) >= 11 is 0. The Labute approximate surface area is 275 Å². The molecule has 250 valence electrons. The second kappa shape index (κ2) is 13.2. The number of carbonyl (C=O) groups is 3. The molecular weight excluding hydrogens is 598 g/mol. The lowest BCUT2D eigenvalue weighted by molar-refractivity contribution is -0.142. The van der Waals surface area contributed by atoms with Crippen LogP contribution in [-0.4, -0.2) is 119 Å². The van der Waals surface area contributed by atoms with Crippen LogP contribution in [-0.2, 0) is 26.3 Å². The minimum Gasteiger partial charge on any atom is -0.438 e. The first-order chi connectivity index (χ1) is 22.8. The Balaban J connectivity index is 1.04. The molecule has 0 unspecified atom stereocenters. The number of piperidine rings is 2. The Kier molecular flexibility index (Phi) is 8.80. The van der Waals surface area contributed by atoms with E-state index < -0.39 is 23.9 Å². The normalized spacial score (nSPS) is 21.5. The van der Waals surface area contributed by atoms with E-state index in [1.54, 1.807) is 11.1 Å². The molecule has 5 heterocycles. The molecule has 3 saturated heterocycles. The number of hydrogen-bond acceptors (Lipinski definition) is 8. The Morgan fingerprint density at radius 2 is 1.81 bits per heavy atom. The second-order valence-electron chi connectivity index (χ2n) is 13.6. The molecule has 0 bridgehead atoms. The van der Waals surface area contributed by atoms with E-state index in [-0.39, 0.29) is 12.3 Å². The Morgan fingerprint density at radius 1 is 1.02 bits per heavy atom. The molecule has 4 aliphatic rings. The van der Waals surface area contributed by atoms with Crippen molar-refractivity contribution in [2.75, 3.05) is 64.7 Å². The molecule has 0 saturated carbocycles. The maximum Gasteiger partial charge on any atom is 0.412 e. The van der Waals surface area contributed by atoms with Gasteiger partial charge in [-0.1, -0.05) is 24.3 Å². The molecule has 1 aromatic heterocycles. The van der Waals surface area contributed by atoms with E-state index in [4.69, 9.17) is 9.47 Å². The number of amides is 3. The number of hydrogen-bond donors (Lipinski definition) is 2. The van der Waals surface area contributed by atoms with Gasteiger partial charge in [-0.15, -0.1) is 0 Å². The smallest absolute Gasteiger partial charge is 0.412 e. The van der Waals surface area contributed by atoms with Crippen LogP contribution in [0.15, 0.2) is 42.6 Å². The minimum absolute atomic E-state index is 0.146. The van der Waals surface area contributed by atoms with E-state index >= 15 is 0 Å². The van der Waals surface area contributed by atoms with E-state index in [2.05, 4.69) is 32.4 Å². The van der Waals surface area contributed by atoms with E-state index in [0.29, 0.717) is 45.1 Å². The molecule has 47 heavy (non-hydrogen) atoms. The van der Waals surface area contributed by atoms with Gasteiger partial charge >= 0.3 is 12.2 Å². The molecule has 3 amide bonds. The Bertz CT molecular complexity index is 1630. The number of H-pyrrole nitrogens is 1. The zero-order valence-electron chi connectivity index (χ0n) is 27.4. The van der Waals surface area contributed by atoms with Crippen molar-refractivity contribution in [1.82, 2.24) is 29.8 Å². The number of anilines is 1. The van der Waals surface area contributed by atoms with Crippen molar-refractivity contribution in [1.29, 1.82) is 0 Å². The number of rotatable bonds is 5. The summed E-state index contributed by atoms with van der Waals surface area (Å²) < 4.78 is 12.0. The van der Waals surface area contributed by atoms with Gasteiger partial charge in [-0.05, 0) is 69.6 Å². The summed E-state index contributed by atoms with van der Waals surface area (Å²) in [7, 11) is 2.18. The standard InChI is InChI=1S/C35H45N7O5/c1-24-20-25(21-26-23-36-38-31(24)26)22-30(32(43)41-14-8-27(9-15-41)40-13-5-12-39(2)18-19-40)46-34(45)42-16-10-35(11-17-42)28-6-3-4-7-29(28)37-33(44)47-35/h3-4,6-7,20-21,23,27,30H,5,8-19,22H2,1-2H3,(H,36,38)(H,37,44)/t30-/m1/s1. The van der Waals surface area contributed by atoms with E-state index in [9.17, 15) is 14.4 Å². The number of aryl methyl sites for hydroxylation is 1. The van der Waals surface area contributed by atoms with Gasteiger partial charge in [-0.25, -0.2) is 9.59 Å². The number of para-hydroxylation sites is 1. The zero-order valence-corrected chi connectivity index (χ0v) is 27.4. The largest absolute Gasteiger partial charge is 0.438 e. The van der Waals surface area contributed by atoms with Crippen LogP contribution >= 0.6 is 0 Å². The summed E-state index contributed by atoms with van der Waals surface area (Å²) in [4.78, 5) is 48.7. The van der Waals surface area contributed by atoms with Gasteiger partial charge in [0.2, 0.25) is 0 Å². The van der Waals surface area contributed by atoms with E-state index in [0.717, 1.165) is 78.7 Å². The van der Waals surface area contributed by atoms with Gasteiger partial charge in [0, 0.05) is 75.5 Å². The zero-order chi connectivity index (χ0) is 32.5. The number of nitrogens with one attached hydrogen (secondary N) is 2. The fourth-order valence-electron chi connectivity index (χ4n) is 7.89. The summed E-state index contributed by atoms with van der Waals surface area (Å²) in [5.41, 5.74) is 3.76. The lowest BCUT2D eigenvalue weighted by Crippen LogP contribution is -2.53. The number of carbonyl (C=O) groups excluding carboxylic acids is 3. The predicted molar refractivity (Wildman–Crippen MR) is 177 cm³/mol. The van der Waals surface area contributed by atoms with Gasteiger partial charge in [0.15, 0.2) is 6.10 Å². The number of fused-ring (bicyclic) bond motifs is 3. The topological polar surface area (TPSA) is 123 Å². The fourth-order valence-corrected chi connectivity index (χ4v) is 7.89. The molecule has 3 aromatic rings. The van der Waals surface area contributed by atoms with Crippen molar-refractivity contribution in [2.45, 2.75) is 63.2 Å². The van der Waals surface area contributed by atoms with Crippen molar-refractivity contribution >= 4 is 34.7 Å². The monoisotopic (exact) mass is 643 g/mol. The van der Waals surface area contributed by atoms with Crippen LogP contribution in [0.4, 0.5) is 15.3 Å². The Hall–Kier alpha value is -4.16. The molecule has 3 fully saturated rings. The molecule has 1 spiro atoms. The van der Waals surface area contributed by atoms with Gasteiger partial charge < -0.3 is 24.2 Å². The van der Waals surface area contributed by atoms with E-state index in [1.165, 1.54) is 0 Å². The molecule has 7 rings (SSSR count). The highest BCUT2D eigenvalue weighted by atomic mass is 16.6. The van der Waals surface area contributed by atoms with Crippen LogP contribution in [0.5, 0.6) is 0 Å². The van der Waals surface area contributed by atoms with Gasteiger partial charge in [0.1, 0.15) is 5.60 Å².